The molecule has 1 atom stereocenters. The summed E-state index contributed by atoms with van der Waals surface area (Å²) in [4.78, 5) is 13.2. The number of ether oxygens (including phenoxy) is 1. The minimum atomic E-state index is -0.339. The van der Waals surface area contributed by atoms with Gasteiger partial charge in [0.2, 0.25) is 0 Å². The van der Waals surface area contributed by atoms with Crippen molar-refractivity contribution in [2.24, 2.45) is 0 Å². The van der Waals surface area contributed by atoms with Crippen LogP contribution in [-0.4, -0.2) is 17.6 Å². The van der Waals surface area contributed by atoms with Crippen molar-refractivity contribution in [3.05, 3.63) is 66.5 Å². The zero-order valence-corrected chi connectivity index (χ0v) is 17.4. The van der Waals surface area contributed by atoms with Gasteiger partial charge in [-0.05, 0) is 64.6 Å². The molecule has 2 N–H and O–H groups in total. The second-order valence-electron chi connectivity index (χ2n) is 5.66. The van der Waals surface area contributed by atoms with Crippen molar-refractivity contribution in [1.82, 2.24) is 9.88 Å². The molecule has 0 aliphatic carbocycles. The van der Waals surface area contributed by atoms with Crippen LogP contribution in [0.1, 0.15) is 21.4 Å². The Labute approximate surface area is 173 Å². The van der Waals surface area contributed by atoms with Gasteiger partial charge < -0.3 is 15.4 Å². The fourth-order valence-corrected chi connectivity index (χ4v) is 4.94. The molecule has 2 aromatic carbocycles. The smallest absolute Gasteiger partial charge is 0.267 e. The number of nitrogens with zero attached hydrogens (tertiary/aromatic N) is 1. The number of carbonyl (C=O) groups excluding carboxylic acids is 1. The first-order valence-corrected chi connectivity index (χ1v) is 10.1. The quantitative estimate of drug-likeness (QED) is 0.408. The Balaban J connectivity index is 1.78. The number of halogens is 1. The molecule has 0 unspecified atom stereocenters. The Morgan fingerprint density at radius 3 is 2.65 bits per heavy atom. The minimum absolute atomic E-state index is 0.125. The van der Waals surface area contributed by atoms with Crippen molar-refractivity contribution < 1.29 is 9.53 Å². The minimum Gasteiger partial charge on any atom is -0.496 e. The van der Waals surface area contributed by atoms with E-state index in [-0.39, 0.29) is 12.1 Å². The van der Waals surface area contributed by atoms with Gasteiger partial charge in [0.25, 0.3) is 5.91 Å². The molecule has 8 heteroatoms. The molecule has 0 radical (unpaired) electrons. The van der Waals surface area contributed by atoms with Gasteiger partial charge in [-0.15, -0.1) is 0 Å². The first kappa shape index (κ1) is 17.5. The monoisotopic (exact) mass is 495 g/mol. The van der Waals surface area contributed by atoms with Gasteiger partial charge in [0.05, 0.1) is 10.7 Å². The molecule has 0 fully saturated rings. The zero-order chi connectivity index (χ0) is 18.3. The summed E-state index contributed by atoms with van der Waals surface area (Å²) < 4.78 is 8.84. The highest BCUT2D eigenvalue weighted by Gasteiger charge is 2.30. The molecule has 1 aliphatic rings. The molecule has 3 aromatic rings. The SMILES string of the molecule is COc1ccc([C@@H]2NC(=O)c3sc(=S)n(-c4ccccc4)c3N2)cc1I. The molecule has 0 bridgehead atoms. The van der Waals surface area contributed by atoms with Crippen molar-refractivity contribution in [1.29, 1.82) is 0 Å². The summed E-state index contributed by atoms with van der Waals surface area (Å²) in [5, 5.41) is 6.43. The number of thiazole rings is 1. The van der Waals surface area contributed by atoms with Crippen LogP contribution in [-0.2, 0) is 0 Å². The zero-order valence-electron chi connectivity index (χ0n) is 13.7. The molecule has 1 aliphatic heterocycles. The normalized spacial score (nSPS) is 15.8. The Morgan fingerprint density at radius 2 is 1.96 bits per heavy atom. The molecule has 1 aromatic heterocycles. The van der Waals surface area contributed by atoms with E-state index in [0.717, 1.165) is 26.4 Å². The third-order valence-corrected chi connectivity index (χ3v) is 6.31. The third-order valence-electron chi connectivity index (χ3n) is 4.10. The average molecular weight is 495 g/mol. The molecule has 26 heavy (non-hydrogen) atoms. The summed E-state index contributed by atoms with van der Waals surface area (Å²) in [6, 6.07) is 15.6. The van der Waals surface area contributed by atoms with Gasteiger partial charge in [-0.2, -0.15) is 0 Å². The molecule has 0 spiro atoms. The number of fused-ring (bicyclic) bond motifs is 1. The van der Waals surface area contributed by atoms with Crippen LogP contribution in [0, 0.1) is 7.52 Å². The van der Waals surface area contributed by atoms with Crippen molar-refractivity contribution >= 4 is 57.9 Å². The van der Waals surface area contributed by atoms with E-state index in [9.17, 15) is 4.79 Å². The lowest BCUT2D eigenvalue weighted by Gasteiger charge is -2.27. The van der Waals surface area contributed by atoms with E-state index < -0.39 is 0 Å². The summed E-state index contributed by atoms with van der Waals surface area (Å²) in [7, 11) is 1.64. The summed E-state index contributed by atoms with van der Waals surface area (Å²) >= 11 is 9.04. The van der Waals surface area contributed by atoms with Gasteiger partial charge in [-0.3, -0.25) is 9.36 Å². The number of amides is 1. The molecule has 4 rings (SSSR count). The topological polar surface area (TPSA) is 55.3 Å². The van der Waals surface area contributed by atoms with Gasteiger partial charge in [0, 0.05) is 5.69 Å². The molecule has 0 saturated carbocycles. The lowest BCUT2D eigenvalue weighted by atomic mass is 10.1. The molecule has 132 valence electrons. The molecule has 0 saturated heterocycles. The maximum atomic E-state index is 12.6. The maximum absolute atomic E-state index is 12.6. The molecule has 2 heterocycles. The second-order valence-corrected chi connectivity index (χ2v) is 8.47. The highest BCUT2D eigenvalue weighted by Crippen LogP contribution is 2.35. The average Bonchev–Trinajstić information content (AvgIpc) is 2.99. The van der Waals surface area contributed by atoms with E-state index >= 15 is 0 Å². The van der Waals surface area contributed by atoms with Crippen LogP contribution < -0.4 is 15.4 Å². The standard InChI is InChI=1S/C18H14IN3O2S2/c1-24-13-8-7-10(9-12(13)19)15-20-16-14(17(23)21-15)26-18(25)22(16)11-5-3-2-4-6-11/h2-9,15,20H,1H3,(H,21,23)/t15-/m0/s1. The summed E-state index contributed by atoms with van der Waals surface area (Å²) in [5.41, 5.74) is 1.88. The number of aromatic nitrogens is 1. The number of benzene rings is 2. The fourth-order valence-electron chi connectivity index (χ4n) is 2.87. The van der Waals surface area contributed by atoms with Gasteiger partial charge in [-0.1, -0.05) is 35.6 Å². The van der Waals surface area contributed by atoms with Crippen molar-refractivity contribution in [3.63, 3.8) is 0 Å². The van der Waals surface area contributed by atoms with Crippen molar-refractivity contribution in [3.8, 4) is 11.4 Å². The predicted molar refractivity (Wildman–Crippen MR) is 114 cm³/mol. The summed E-state index contributed by atoms with van der Waals surface area (Å²) in [6.07, 6.45) is -0.339. The van der Waals surface area contributed by atoms with E-state index in [4.69, 9.17) is 17.0 Å². The van der Waals surface area contributed by atoms with Crippen LogP contribution in [0.3, 0.4) is 0 Å². The maximum Gasteiger partial charge on any atom is 0.267 e. The number of methoxy groups -OCH3 is 1. The van der Waals surface area contributed by atoms with E-state index in [1.165, 1.54) is 11.3 Å². The van der Waals surface area contributed by atoms with Crippen LogP contribution in [0.5, 0.6) is 5.75 Å². The second kappa shape index (κ2) is 7.01. The largest absolute Gasteiger partial charge is 0.496 e. The van der Waals surface area contributed by atoms with Crippen LogP contribution in [0.4, 0.5) is 5.82 Å². The van der Waals surface area contributed by atoms with E-state index in [0.29, 0.717) is 8.83 Å². The lowest BCUT2D eigenvalue weighted by molar-refractivity contribution is 0.0939. The van der Waals surface area contributed by atoms with Crippen LogP contribution >= 0.6 is 46.1 Å². The third kappa shape index (κ3) is 3.01. The van der Waals surface area contributed by atoms with Crippen LogP contribution in [0.15, 0.2) is 48.5 Å². The van der Waals surface area contributed by atoms with Crippen molar-refractivity contribution in [2.75, 3.05) is 12.4 Å². The van der Waals surface area contributed by atoms with E-state index in [2.05, 4.69) is 33.2 Å². The Morgan fingerprint density at radius 1 is 1.19 bits per heavy atom. The lowest BCUT2D eigenvalue weighted by Crippen LogP contribution is -2.38. The number of carbonyl (C=O) groups is 1. The van der Waals surface area contributed by atoms with Gasteiger partial charge in [0.1, 0.15) is 22.6 Å². The van der Waals surface area contributed by atoms with Crippen LogP contribution in [0.2, 0.25) is 0 Å². The number of nitrogens with one attached hydrogen (secondary N) is 2. The Hall–Kier alpha value is -1.91. The number of hydrogen-bond donors (Lipinski definition) is 2. The fraction of sp³-hybridized carbons (Fsp3) is 0.111. The predicted octanol–water partition coefficient (Wildman–Crippen LogP) is 4.74. The highest BCUT2D eigenvalue weighted by atomic mass is 127. The Kier molecular flexibility index (Phi) is 4.72. The molecule has 1 amide bonds. The first-order chi connectivity index (χ1) is 12.6. The van der Waals surface area contributed by atoms with Gasteiger partial charge >= 0.3 is 0 Å². The number of rotatable bonds is 3. The van der Waals surface area contributed by atoms with Gasteiger partial charge in [0.15, 0.2) is 3.95 Å². The molecule has 5 nitrogen and oxygen atoms in total. The first-order valence-electron chi connectivity index (χ1n) is 7.80. The van der Waals surface area contributed by atoms with Crippen LogP contribution in [0.25, 0.3) is 5.69 Å². The van der Waals surface area contributed by atoms with Gasteiger partial charge in [-0.25, -0.2) is 0 Å². The highest BCUT2D eigenvalue weighted by molar-refractivity contribution is 14.1. The summed E-state index contributed by atoms with van der Waals surface area (Å²) in [6.45, 7) is 0. The van der Waals surface area contributed by atoms with E-state index in [1.54, 1.807) is 7.11 Å². The molecular formula is C18H14IN3O2S2. The van der Waals surface area contributed by atoms with Crippen molar-refractivity contribution in [2.45, 2.75) is 6.17 Å². The number of anilines is 1. The summed E-state index contributed by atoms with van der Waals surface area (Å²) in [5.74, 6) is 1.41. The number of hydrogen-bond acceptors (Lipinski definition) is 5. The number of para-hydroxylation sites is 1. The molecular weight excluding hydrogens is 481 g/mol. The Bertz CT molecular complexity index is 1050. The van der Waals surface area contributed by atoms with E-state index in [1.807, 2.05) is 53.1 Å².